The van der Waals surface area contributed by atoms with Gasteiger partial charge in [-0.05, 0) is 37.5 Å². The number of carbonyl (C=O) groups excluding carboxylic acids is 1. The van der Waals surface area contributed by atoms with Crippen LogP contribution in [0.15, 0.2) is 24.3 Å². The van der Waals surface area contributed by atoms with Crippen molar-refractivity contribution in [3.63, 3.8) is 0 Å². The first-order chi connectivity index (χ1) is 9.47. The maximum Gasteiger partial charge on any atom is 0.387 e. The summed E-state index contributed by atoms with van der Waals surface area (Å²) in [6.07, 6.45) is 0.872. The number of hydrogen-bond acceptors (Lipinski definition) is 3. The Kier molecular flexibility index (Phi) is 4.54. The summed E-state index contributed by atoms with van der Waals surface area (Å²) in [7, 11) is 0. The summed E-state index contributed by atoms with van der Waals surface area (Å²) in [5.41, 5.74) is 6.19. The second-order valence-corrected chi connectivity index (χ2v) is 5.07. The van der Waals surface area contributed by atoms with E-state index in [2.05, 4.69) is 4.74 Å². The van der Waals surface area contributed by atoms with E-state index < -0.39 is 6.61 Å². The summed E-state index contributed by atoms with van der Waals surface area (Å²) >= 11 is 0. The number of nitrogens with two attached hydrogens (primary N) is 1. The monoisotopic (exact) mass is 284 g/mol. The van der Waals surface area contributed by atoms with Crippen LogP contribution in [0, 0.1) is 5.92 Å². The van der Waals surface area contributed by atoms with Crippen LogP contribution in [0.25, 0.3) is 0 Å². The van der Waals surface area contributed by atoms with Gasteiger partial charge in [-0.15, -0.1) is 0 Å². The quantitative estimate of drug-likeness (QED) is 0.921. The molecule has 2 unspecified atom stereocenters. The Morgan fingerprint density at radius 2 is 2.25 bits per heavy atom. The van der Waals surface area contributed by atoms with Crippen molar-refractivity contribution in [3.05, 3.63) is 29.8 Å². The molecule has 1 amide bonds. The van der Waals surface area contributed by atoms with Crippen molar-refractivity contribution in [1.29, 1.82) is 0 Å². The standard InChI is InChI=1S/C14H18F2N2O2/c1-9(17)11-5-6-18(8-11)13(19)10-3-2-4-12(7-10)20-14(15)16/h2-4,7,9,11,14H,5-6,8,17H2,1H3. The number of nitrogens with zero attached hydrogens (tertiary/aromatic N) is 1. The van der Waals surface area contributed by atoms with Gasteiger partial charge in [0.05, 0.1) is 0 Å². The van der Waals surface area contributed by atoms with E-state index in [1.54, 1.807) is 11.0 Å². The number of halogens is 2. The lowest BCUT2D eigenvalue weighted by Crippen LogP contribution is -2.33. The first-order valence-corrected chi connectivity index (χ1v) is 6.57. The molecule has 2 rings (SSSR count). The number of benzene rings is 1. The molecular formula is C14H18F2N2O2. The van der Waals surface area contributed by atoms with Gasteiger partial charge in [0, 0.05) is 24.7 Å². The molecular weight excluding hydrogens is 266 g/mol. The SMILES string of the molecule is CC(N)C1CCN(C(=O)c2cccc(OC(F)F)c2)C1. The van der Waals surface area contributed by atoms with E-state index in [1.807, 2.05) is 6.92 Å². The van der Waals surface area contributed by atoms with Gasteiger partial charge in [0.25, 0.3) is 5.91 Å². The third-order valence-electron chi connectivity index (χ3n) is 3.56. The highest BCUT2D eigenvalue weighted by Gasteiger charge is 2.29. The molecule has 0 aliphatic carbocycles. The number of carbonyl (C=O) groups is 1. The molecule has 0 aromatic heterocycles. The molecule has 2 atom stereocenters. The van der Waals surface area contributed by atoms with Gasteiger partial charge in [-0.3, -0.25) is 4.79 Å². The van der Waals surface area contributed by atoms with Crippen molar-refractivity contribution in [1.82, 2.24) is 4.90 Å². The van der Waals surface area contributed by atoms with Gasteiger partial charge in [0.1, 0.15) is 5.75 Å². The lowest BCUT2D eigenvalue weighted by Gasteiger charge is -2.18. The van der Waals surface area contributed by atoms with Crippen LogP contribution in [-0.2, 0) is 0 Å². The predicted octanol–water partition coefficient (Wildman–Crippen LogP) is 2.10. The topological polar surface area (TPSA) is 55.6 Å². The fourth-order valence-electron chi connectivity index (χ4n) is 2.39. The molecule has 0 radical (unpaired) electrons. The second kappa shape index (κ2) is 6.17. The lowest BCUT2D eigenvalue weighted by molar-refractivity contribution is -0.0499. The van der Waals surface area contributed by atoms with Crippen LogP contribution in [0.1, 0.15) is 23.7 Å². The van der Waals surface area contributed by atoms with Crippen LogP contribution in [-0.4, -0.2) is 36.5 Å². The number of amides is 1. The van der Waals surface area contributed by atoms with E-state index >= 15 is 0 Å². The zero-order valence-electron chi connectivity index (χ0n) is 11.3. The fraction of sp³-hybridized carbons (Fsp3) is 0.500. The molecule has 1 aliphatic rings. The van der Waals surface area contributed by atoms with Crippen LogP contribution >= 0.6 is 0 Å². The van der Waals surface area contributed by atoms with Crippen LogP contribution < -0.4 is 10.5 Å². The average molecular weight is 284 g/mol. The second-order valence-electron chi connectivity index (χ2n) is 5.07. The molecule has 2 N–H and O–H groups in total. The number of hydrogen-bond donors (Lipinski definition) is 1. The van der Waals surface area contributed by atoms with Crippen molar-refractivity contribution < 1.29 is 18.3 Å². The zero-order chi connectivity index (χ0) is 14.7. The van der Waals surface area contributed by atoms with Crippen molar-refractivity contribution >= 4 is 5.91 Å². The molecule has 0 spiro atoms. The maximum atomic E-state index is 12.3. The van der Waals surface area contributed by atoms with Crippen molar-refractivity contribution in [2.24, 2.45) is 11.7 Å². The summed E-state index contributed by atoms with van der Waals surface area (Å²) in [6, 6.07) is 5.91. The lowest BCUT2D eigenvalue weighted by atomic mass is 10.0. The summed E-state index contributed by atoms with van der Waals surface area (Å²) in [6.45, 7) is 0.284. The smallest absolute Gasteiger partial charge is 0.387 e. The normalized spacial score (nSPS) is 20.2. The first kappa shape index (κ1) is 14.7. The summed E-state index contributed by atoms with van der Waals surface area (Å²) < 4.78 is 28.6. The molecule has 0 bridgehead atoms. The van der Waals surface area contributed by atoms with E-state index in [9.17, 15) is 13.6 Å². The van der Waals surface area contributed by atoms with E-state index in [1.165, 1.54) is 18.2 Å². The van der Waals surface area contributed by atoms with Gasteiger partial charge < -0.3 is 15.4 Å². The zero-order valence-corrected chi connectivity index (χ0v) is 11.3. The average Bonchev–Trinajstić information content (AvgIpc) is 2.87. The van der Waals surface area contributed by atoms with Gasteiger partial charge in [0.15, 0.2) is 0 Å². The Hall–Kier alpha value is -1.69. The van der Waals surface area contributed by atoms with Gasteiger partial charge in [-0.1, -0.05) is 6.07 Å². The number of ether oxygens (including phenoxy) is 1. The van der Waals surface area contributed by atoms with Crippen molar-refractivity contribution in [2.75, 3.05) is 13.1 Å². The summed E-state index contributed by atoms with van der Waals surface area (Å²) in [4.78, 5) is 14.0. The molecule has 1 heterocycles. The molecule has 1 aliphatic heterocycles. The Bertz CT molecular complexity index is 480. The number of likely N-dealkylation sites (tertiary alicyclic amines) is 1. The van der Waals surface area contributed by atoms with E-state index in [4.69, 9.17) is 5.73 Å². The number of alkyl halides is 2. The minimum atomic E-state index is -2.89. The van der Waals surface area contributed by atoms with Crippen LogP contribution in [0.4, 0.5) is 8.78 Å². The highest BCUT2D eigenvalue weighted by atomic mass is 19.3. The Morgan fingerprint density at radius 3 is 2.85 bits per heavy atom. The molecule has 20 heavy (non-hydrogen) atoms. The highest BCUT2D eigenvalue weighted by Crippen LogP contribution is 2.22. The highest BCUT2D eigenvalue weighted by molar-refractivity contribution is 5.94. The fourth-order valence-corrected chi connectivity index (χ4v) is 2.39. The molecule has 1 aromatic carbocycles. The van der Waals surface area contributed by atoms with Crippen molar-refractivity contribution in [3.8, 4) is 5.75 Å². The maximum absolute atomic E-state index is 12.3. The third-order valence-corrected chi connectivity index (χ3v) is 3.56. The van der Waals surface area contributed by atoms with E-state index in [0.29, 0.717) is 24.6 Å². The number of rotatable bonds is 4. The van der Waals surface area contributed by atoms with Gasteiger partial charge in [-0.25, -0.2) is 0 Å². The molecule has 1 fully saturated rings. The Morgan fingerprint density at radius 1 is 1.50 bits per heavy atom. The Balaban J connectivity index is 2.06. The minimum absolute atomic E-state index is 0.00575. The van der Waals surface area contributed by atoms with Crippen LogP contribution in [0.3, 0.4) is 0 Å². The predicted molar refractivity (Wildman–Crippen MR) is 70.7 cm³/mol. The third kappa shape index (κ3) is 3.45. The van der Waals surface area contributed by atoms with Gasteiger partial charge >= 0.3 is 6.61 Å². The van der Waals surface area contributed by atoms with Crippen molar-refractivity contribution in [2.45, 2.75) is 26.0 Å². The first-order valence-electron chi connectivity index (χ1n) is 6.57. The van der Waals surface area contributed by atoms with Crippen LogP contribution in [0.5, 0.6) is 5.75 Å². The Labute approximate surface area is 116 Å². The molecule has 0 saturated carbocycles. The molecule has 4 nitrogen and oxygen atoms in total. The molecule has 6 heteroatoms. The van der Waals surface area contributed by atoms with Gasteiger partial charge in [-0.2, -0.15) is 8.78 Å². The van der Waals surface area contributed by atoms with E-state index in [0.717, 1.165) is 6.42 Å². The molecule has 110 valence electrons. The molecule has 1 saturated heterocycles. The van der Waals surface area contributed by atoms with Crippen LogP contribution in [0.2, 0.25) is 0 Å². The minimum Gasteiger partial charge on any atom is -0.435 e. The molecule has 1 aromatic rings. The largest absolute Gasteiger partial charge is 0.435 e. The summed E-state index contributed by atoms with van der Waals surface area (Å²) in [5.74, 6) is 0.112. The van der Waals surface area contributed by atoms with Gasteiger partial charge in [0.2, 0.25) is 0 Å². The summed E-state index contributed by atoms with van der Waals surface area (Å²) in [5, 5.41) is 0. The van der Waals surface area contributed by atoms with E-state index in [-0.39, 0.29) is 17.7 Å².